The Morgan fingerprint density at radius 3 is 2.84 bits per heavy atom. The maximum atomic E-state index is 12.7. The highest BCUT2D eigenvalue weighted by Crippen LogP contribution is 2.39. The van der Waals surface area contributed by atoms with Crippen molar-refractivity contribution in [1.82, 2.24) is 4.31 Å². The summed E-state index contributed by atoms with van der Waals surface area (Å²) in [5.41, 5.74) is 0. The molecule has 2 heterocycles. The highest BCUT2D eigenvalue weighted by molar-refractivity contribution is 7.89. The van der Waals surface area contributed by atoms with Gasteiger partial charge in [-0.3, -0.25) is 0 Å². The molecule has 3 rings (SSSR count). The summed E-state index contributed by atoms with van der Waals surface area (Å²) in [4.78, 5) is 1.06. The van der Waals surface area contributed by atoms with Crippen LogP contribution in [-0.4, -0.2) is 30.4 Å². The molecule has 0 spiro atoms. The summed E-state index contributed by atoms with van der Waals surface area (Å²) in [5, 5.41) is 10.7. The molecule has 0 amide bonds. The molecular formula is C13H19NO3S2. The minimum absolute atomic E-state index is 0.0910. The van der Waals surface area contributed by atoms with E-state index >= 15 is 0 Å². The molecule has 1 N–H and O–H groups in total. The zero-order chi connectivity index (χ0) is 13.5. The smallest absolute Gasteiger partial charge is 0.244 e. The van der Waals surface area contributed by atoms with Gasteiger partial charge in [0, 0.05) is 22.8 Å². The Labute approximate surface area is 118 Å². The van der Waals surface area contributed by atoms with E-state index in [1.54, 1.807) is 15.8 Å². The van der Waals surface area contributed by atoms with Gasteiger partial charge in [-0.25, -0.2) is 8.42 Å². The monoisotopic (exact) mass is 301 g/mol. The first kappa shape index (κ1) is 13.5. The average Bonchev–Trinajstić information content (AvgIpc) is 3.06. The number of aliphatic hydroxyl groups is 1. The number of hydrogen-bond donors (Lipinski definition) is 1. The van der Waals surface area contributed by atoms with Gasteiger partial charge in [-0.2, -0.15) is 4.31 Å². The van der Waals surface area contributed by atoms with Gasteiger partial charge < -0.3 is 5.11 Å². The molecular weight excluding hydrogens is 282 g/mol. The maximum Gasteiger partial charge on any atom is 0.244 e. The van der Waals surface area contributed by atoms with E-state index in [0.717, 1.165) is 19.3 Å². The molecule has 2 unspecified atom stereocenters. The van der Waals surface area contributed by atoms with Crippen LogP contribution in [0.1, 0.15) is 37.0 Å². The fourth-order valence-corrected chi connectivity index (χ4v) is 6.30. The third-order valence-corrected chi connectivity index (χ3v) is 7.31. The Kier molecular flexibility index (Phi) is 3.68. The zero-order valence-electron chi connectivity index (χ0n) is 10.8. The first-order valence-corrected chi connectivity index (χ1v) is 9.15. The van der Waals surface area contributed by atoms with Gasteiger partial charge in [-0.15, -0.1) is 11.3 Å². The summed E-state index contributed by atoms with van der Waals surface area (Å²) in [6.07, 6.45) is 5.45. The van der Waals surface area contributed by atoms with Crippen molar-refractivity contribution < 1.29 is 13.5 Å². The van der Waals surface area contributed by atoms with E-state index < -0.39 is 10.0 Å². The molecule has 6 heteroatoms. The van der Waals surface area contributed by atoms with Crippen molar-refractivity contribution in [2.75, 3.05) is 6.54 Å². The number of thiophene rings is 1. The van der Waals surface area contributed by atoms with Crippen LogP contribution in [0.5, 0.6) is 0 Å². The van der Waals surface area contributed by atoms with Crippen molar-refractivity contribution in [2.24, 2.45) is 5.92 Å². The molecule has 2 fully saturated rings. The van der Waals surface area contributed by atoms with Crippen LogP contribution >= 0.6 is 11.3 Å². The second kappa shape index (κ2) is 5.16. The summed E-state index contributed by atoms with van der Waals surface area (Å²) >= 11 is 1.31. The lowest BCUT2D eigenvalue weighted by molar-refractivity contribution is 0.202. The van der Waals surface area contributed by atoms with Gasteiger partial charge in [0.15, 0.2) is 0 Å². The number of nitrogens with zero attached hydrogens (tertiary/aromatic N) is 1. The Hall–Kier alpha value is -0.430. The van der Waals surface area contributed by atoms with Gasteiger partial charge >= 0.3 is 0 Å². The van der Waals surface area contributed by atoms with Crippen molar-refractivity contribution >= 4 is 21.4 Å². The molecule has 1 aliphatic carbocycles. The Morgan fingerprint density at radius 1 is 1.32 bits per heavy atom. The lowest BCUT2D eigenvalue weighted by Crippen LogP contribution is -2.45. The van der Waals surface area contributed by atoms with Crippen LogP contribution in [0.15, 0.2) is 16.3 Å². The Morgan fingerprint density at radius 2 is 2.11 bits per heavy atom. The third-order valence-electron chi connectivity index (χ3n) is 4.33. The van der Waals surface area contributed by atoms with Crippen LogP contribution < -0.4 is 0 Å². The third kappa shape index (κ3) is 2.35. The van der Waals surface area contributed by atoms with Gasteiger partial charge in [0.2, 0.25) is 10.0 Å². The lowest BCUT2D eigenvalue weighted by Gasteiger charge is -2.36. The molecule has 0 radical (unpaired) electrons. The predicted molar refractivity (Wildman–Crippen MR) is 74.5 cm³/mol. The molecule has 19 heavy (non-hydrogen) atoms. The highest BCUT2D eigenvalue weighted by Gasteiger charge is 2.41. The van der Waals surface area contributed by atoms with Crippen LogP contribution in [0.25, 0.3) is 0 Å². The zero-order valence-corrected chi connectivity index (χ0v) is 12.4. The second-order valence-electron chi connectivity index (χ2n) is 5.42. The van der Waals surface area contributed by atoms with E-state index in [9.17, 15) is 8.42 Å². The van der Waals surface area contributed by atoms with Crippen LogP contribution in [0.3, 0.4) is 0 Å². The summed E-state index contributed by atoms with van der Waals surface area (Å²) in [6, 6.07) is 1.81. The predicted octanol–water partition coefficient (Wildman–Crippen LogP) is 2.19. The second-order valence-corrected chi connectivity index (χ2v) is 8.31. The summed E-state index contributed by atoms with van der Waals surface area (Å²) in [5.74, 6) is 0.555. The van der Waals surface area contributed by atoms with E-state index in [0.29, 0.717) is 22.2 Å². The topological polar surface area (TPSA) is 57.6 Å². The molecule has 1 aromatic rings. The Bertz CT molecular complexity index is 552. The molecule has 0 bridgehead atoms. The lowest BCUT2D eigenvalue weighted by atomic mass is 9.94. The van der Waals surface area contributed by atoms with Crippen LogP contribution in [0.2, 0.25) is 0 Å². The standard InChI is InChI=1S/C13H19NO3S2/c15-8-11-7-12(9-18-11)19(16,17)14-6-2-4-10-3-1-5-13(10)14/h7,9-10,13,15H,1-6,8H2. The first-order valence-electron chi connectivity index (χ1n) is 6.83. The fourth-order valence-electron chi connectivity index (χ4n) is 3.42. The van der Waals surface area contributed by atoms with E-state index in [4.69, 9.17) is 5.11 Å². The van der Waals surface area contributed by atoms with Gasteiger partial charge in [-0.05, 0) is 37.7 Å². The van der Waals surface area contributed by atoms with Crippen molar-refractivity contribution in [3.63, 3.8) is 0 Å². The molecule has 1 saturated carbocycles. The number of rotatable bonds is 3. The molecule has 0 aromatic carbocycles. The fraction of sp³-hybridized carbons (Fsp3) is 0.692. The quantitative estimate of drug-likeness (QED) is 0.931. The number of aliphatic hydroxyl groups excluding tert-OH is 1. The van der Waals surface area contributed by atoms with Crippen LogP contribution in [-0.2, 0) is 16.6 Å². The van der Waals surface area contributed by atoms with Gasteiger partial charge in [0.05, 0.1) is 11.5 Å². The van der Waals surface area contributed by atoms with E-state index in [-0.39, 0.29) is 12.6 Å². The summed E-state index contributed by atoms with van der Waals surface area (Å²) < 4.78 is 27.1. The summed E-state index contributed by atoms with van der Waals surface area (Å²) in [6.45, 7) is 0.556. The average molecular weight is 301 g/mol. The minimum atomic E-state index is -3.37. The molecule has 2 aliphatic rings. The molecule has 1 aromatic heterocycles. The largest absolute Gasteiger partial charge is 0.391 e. The molecule has 1 saturated heterocycles. The van der Waals surface area contributed by atoms with Crippen LogP contribution in [0, 0.1) is 5.92 Å². The Balaban J connectivity index is 1.90. The van der Waals surface area contributed by atoms with Gasteiger partial charge in [-0.1, -0.05) is 6.42 Å². The number of piperidine rings is 1. The molecule has 106 valence electrons. The van der Waals surface area contributed by atoms with E-state index in [1.165, 1.54) is 24.2 Å². The van der Waals surface area contributed by atoms with Crippen molar-refractivity contribution in [1.29, 1.82) is 0 Å². The first-order chi connectivity index (χ1) is 9.13. The number of sulfonamides is 1. The van der Waals surface area contributed by atoms with Crippen molar-refractivity contribution in [3.05, 3.63) is 16.3 Å². The highest BCUT2D eigenvalue weighted by atomic mass is 32.2. The van der Waals surface area contributed by atoms with E-state index in [1.807, 2.05) is 0 Å². The van der Waals surface area contributed by atoms with Gasteiger partial charge in [0.25, 0.3) is 0 Å². The maximum absolute atomic E-state index is 12.7. The molecule has 2 atom stereocenters. The summed E-state index contributed by atoms with van der Waals surface area (Å²) in [7, 11) is -3.37. The molecule has 4 nitrogen and oxygen atoms in total. The SMILES string of the molecule is O=S(=O)(c1csc(CO)c1)N1CCCC2CCCC21. The number of hydrogen-bond acceptors (Lipinski definition) is 4. The van der Waals surface area contributed by atoms with E-state index in [2.05, 4.69) is 0 Å². The minimum Gasteiger partial charge on any atom is -0.391 e. The van der Waals surface area contributed by atoms with Gasteiger partial charge in [0.1, 0.15) is 0 Å². The normalized spacial score (nSPS) is 28.5. The van der Waals surface area contributed by atoms with Crippen molar-refractivity contribution in [2.45, 2.75) is 49.6 Å². The van der Waals surface area contributed by atoms with Crippen LogP contribution in [0.4, 0.5) is 0 Å². The molecule has 1 aliphatic heterocycles. The van der Waals surface area contributed by atoms with Crippen molar-refractivity contribution in [3.8, 4) is 0 Å². The number of fused-ring (bicyclic) bond motifs is 1.